The van der Waals surface area contributed by atoms with E-state index in [1.807, 2.05) is 0 Å². The van der Waals surface area contributed by atoms with Crippen LogP contribution in [0.1, 0.15) is 0 Å². The molecule has 0 radical (unpaired) electrons. The summed E-state index contributed by atoms with van der Waals surface area (Å²) in [6.07, 6.45) is 1.55. The van der Waals surface area contributed by atoms with E-state index < -0.39 is 4.92 Å². The Hall–Kier alpha value is -2.28. The van der Waals surface area contributed by atoms with Crippen LogP contribution in [0.15, 0.2) is 30.5 Å². The Kier molecular flexibility index (Phi) is 3.10. The van der Waals surface area contributed by atoms with E-state index in [-0.39, 0.29) is 12.3 Å². The molecule has 0 aliphatic heterocycles. The van der Waals surface area contributed by atoms with Crippen molar-refractivity contribution >= 4 is 5.69 Å². The number of benzene rings is 1. The van der Waals surface area contributed by atoms with Gasteiger partial charge < -0.3 is 5.11 Å². The highest BCUT2D eigenvalue weighted by Gasteiger charge is 2.09. The van der Waals surface area contributed by atoms with Crippen molar-refractivity contribution < 1.29 is 10.0 Å². The van der Waals surface area contributed by atoms with Crippen molar-refractivity contribution in [2.24, 2.45) is 0 Å². The molecule has 88 valence electrons. The molecule has 0 atom stereocenters. The third-order valence-corrected chi connectivity index (χ3v) is 2.30. The lowest BCUT2D eigenvalue weighted by Gasteiger charge is -2.03. The first-order chi connectivity index (χ1) is 8.22. The zero-order valence-electron chi connectivity index (χ0n) is 8.85. The molecule has 2 rings (SSSR count). The van der Waals surface area contributed by atoms with Gasteiger partial charge >= 0.3 is 0 Å². The zero-order chi connectivity index (χ0) is 12.3. The highest BCUT2D eigenvalue weighted by molar-refractivity contribution is 5.60. The Balaban J connectivity index is 2.33. The monoisotopic (exact) mass is 234 g/mol. The first kappa shape index (κ1) is 11.2. The van der Waals surface area contributed by atoms with E-state index in [4.69, 9.17) is 5.11 Å². The van der Waals surface area contributed by atoms with E-state index >= 15 is 0 Å². The van der Waals surface area contributed by atoms with Gasteiger partial charge in [0.2, 0.25) is 0 Å². The van der Waals surface area contributed by atoms with Crippen LogP contribution in [0.2, 0.25) is 0 Å². The minimum Gasteiger partial charge on any atom is -0.394 e. The van der Waals surface area contributed by atoms with Crippen LogP contribution in [-0.4, -0.2) is 31.6 Å². The van der Waals surface area contributed by atoms with Crippen LogP contribution in [0, 0.1) is 10.1 Å². The van der Waals surface area contributed by atoms with E-state index in [2.05, 4.69) is 10.3 Å². The number of nitro groups is 1. The van der Waals surface area contributed by atoms with Crippen LogP contribution >= 0.6 is 0 Å². The standard InChI is InChI=1S/C10H10N4O3/c15-6-5-13-10(7-11-12-13)8-1-3-9(4-2-8)14(16)17/h1-4,7,15H,5-6H2. The van der Waals surface area contributed by atoms with Crippen LogP contribution in [0.5, 0.6) is 0 Å². The SMILES string of the molecule is O=[N+]([O-])c1ccc(-c2cnnn2CCO)cc1. The lowest BCUT2D eigenvalue weighted by atomic mass is 10.1. The van der Waals surface area contributed by atoms with Crippen LogP contribution in [-0.2, 0) is 6.54 Å². The molecule has 0 unspecified atom stereocenters. The summed E-state index contributed by atoms with van der Waals surface area (Å²) in [5.74, 6) is 0. The number of hydrogen-bond donors (Lipinski definition) is 1. The smallest absolute Gasteiger partial charge is 0.269 e. The number of nitrogens with zero attached hydrogens (tertiary/aromatic N) is 4. The van der Waals surface area contributed by atoms with Crippen molar-refractivity contribution in [3.05, 3.63) is 40.6 Å². The van der Waals surface area contributed by atoms with Gasteiger partial charge in [0.15, 0.2) is 0 Å². The maximum absolute atomic E-state index is 10.5. The van der Waals surface area contributed by atoms with Crippen LogP contribution < -0.4 is 0 Å². The van der Waals surface area contributed by atoms with Crippen LogP contribution in [0.4, 0.5) is 5.69 Å². The van der Waals surface area contributed by atoms with E-state index in [1.165, 1.54) is 12.1 Å². The fourth-order valence-corrected chi connectivity index (χ4v) is 1.50. The van der Waals surface area contributed by atoms with Gasteiger partial charge in [-0.25, -0.2) is 4.68 Å². The van der Waals surface area contributed by atoms with E-state index in [9.17, 15) is 10.1 Å². The molecule has 0 spiro atoms. The molecule has 0 amide bonds. The number of aliphatic hydroxyl groups is 1. The minimum atomic E-state index is -0.451. The van der Waals surface area contributed by atoms with Crippen molar-refractivity contribution in [3.8, 4) is 11.3 Å². The summed E-state index contributed by atoms with van der Waals surface area (Å²) in [7, 11) is 0. The van der Waals surface area contributed by atoms with Crippen molar-refractivity contribution in [1.82, 2.24) is 15.0 Å². The van der Waals surface area contributed by atoms with Crippen molar-refractivity contribution in [1.29, 1.82) is 0 Å². The number of nitro benzene ring substituents is 1. The first-order valence-electron chi connectivity index (χ1n) is 4.96. The van der Waals surface area contributed by atoms with Crippen LogP contribution in [0.25, 0.3) is 11.3 Å². The largest absolute Gasteiger partial charge is 0.394 e. The van der Waals surface area contributed by atoms with Crippen molar-refractivity contribution in [3.63, 3.8) is 0 Å². The van der Waals surface area contributed by atoms with Gasteiger partial charge in [0, 0.05) is 17.7 Å². The van der Waals surface area contributed by atoms with Gasteiger partial charge in [-0.3, -0.25) is 10.1 Å². The summed E-state index contributed by atoms with van der Waals surface area (Å²) in [6, 6.07) is 6.10. The van der Waals surface area contributed by atoms with Gasteiger partial charge in [-0.1, -0.05) is 5.21 Å². The molecular formula is C10H10N4O3. The molecule has 0 aliphatic carbocycles. The van der Waals surface area contributed by atoms with Crippen LogP contribution in [0.3, 0.4) is 0 Å². The van der Waals surface area contributed by atoms with Crippen molar-refractivity contribution in [2.75, 3.05) is 6.61 Å². The quantitative estimate of drug-likeness (QED) is 0.625. The third kappa shape index (κ3) is 2.28. The summed E-state index contributed by atoms with van der Waals surface area (Å²) in [6.45, 7) is 0.301. The predicted molar refractivity (Wildman–Crippen MR) is 59.2 cm³/mol. The zero-order valence-corrected chi connectivity index (χ0v) is 8.85. The normalized spacial score (nSPS) is 10.4. The van der Waals surface area contributed by atoms with Gasteiger partial charge in [-0.15, -0.1) is 5.10 Å². The second-order valence-corrected chi connectivity index (χ2v) is 3.37. The molecule has 0 bridgehead atoms. The Bertz CT molecular complexity index is 521. The molecule has 1 aromatic carbocycles. The average Bonchev–Trinajstić information content (AvgIpc) is 2.78. The maximum atomic E-state index is 10.5. The lowest BCUT2D eigenvalue weighted by Crippen LogP contribution is -2.05. The second kappa shape index (κ2) is 4.71. The Morgan fingerprint density at radius 2 is 2.06 bits per heavy atom. The van der Waals surface area contributed by atoms with E-state index in [0.29, 0.717) is 12.2 Å². The summed E-state index contributed by atoms with van der Waals surface area (Å²) in [5, 5.41) is 26.9. The molecular weight excluding hydrogens is 224 g/mol. The molecule has 0 saturated carbocycles. The minimum absolute atomic E-state index is 0.0370. The third-order valence-electron chi connectivity index (χ3n) is 2.30. The van der Waals surface area contributed by atoms with Gasteiger partial charge in [0.25, 0.3) is 5.69 Å². The second-order valence-electron chi connectivity index (χ2n) is 3.37. The molecule has 0 fully saturated rings. The Morgan fingerprint density at radius 1 is 1.35 bits per heavy atom. The van der Waals surface area contributed by atoms with Crippen molar-refractivity contribution in [2.45, 2.75) is 6.54 Å². The molecule has 0 saturated heterocycles. The molecule has 2 aromatic rings. The van der Waals surface area contributed by atoms with Gasteiger partial charge in [-0.05, 0) is 12.1 Å². The highest BCUT2D eigenvalue weighted by Crippen LogP contribution is 2.21. The molecule has 7 nitrogen and oxygen atoms in total. The van der Waals surface area contributed by atoms with E-state index in [0.717, 1.165) is 5.56 Å². The van der Waals surface area contributed by atoms with E-state index in [1.54, 1.807) is 23.0 Å². The number of non-ortho nitro benzene ring substituents is 1. The molecule has 1 heterocycles. The average molecular weight is 234 g/mol. The summed E-state index contributed by atoms with van der Waals surface area (Å²) in [4.78, 5) is 10.1. The van der Waals surface area contributed by atoms with Gasteiger partial charge in [0.05, 0.1) is 30.0 Å². The summed E-state index contributed by atoms with van der Waals surface area (Å²) < 4.78 is 1.54. The van der Waals surface area contributed by atoms with Gasteiger partial charge in [0.1, 0.15) is 0 Å². The molecule has 1 aromatic heterocycles. The molecule has 17 heavy (non-hydrogen) atoms. The Morgan fingerprint density at radius 3 is 2.65 bits per heavy atom. The van der Waals surface area contributed by atoms with Gasteiger partial charge in [-0.2, -0.15) is 0 Å². The Labute approximate surface area is 96.5 Å². The lowest BCUT2D eigenvalue weighted by molar-refractivity contribution is -0.384. The number of aliphatic hydroxyl groups excluding tert-OH is 1. The number of rotatable bonds is 4. The summed E-state index contributed by atoms with van der Waals surface area (Å²) >= 11 is 0. The molecule has 7 heteroatoms. The number of hydrogen-bond acceptors (Lipinski definition) is 5. The molecule has 1 N–H and O–H groups in total. The fourth-order valence-electron chi connectivity index (χ4n) is 1.50. The fraction of sp³-hybridized carbons (Fsp3) is 0.200. The topological polar surface area (TPSA) is 94.1 Å². The maximum Gasteiger partial charge on any atom is 0.269 e. The predicted octanol–water partition coefficient (Wildman–Crippen LogP) is 0.846. The first-order valence-corrected chi connectivity index (χ1v) is 4.96. The number of aromatic nitrogens is 3. The summed E-state index contributed by atoms with van der Waals surface area (Å²) in [5.41, 5.74) is 1.53. The molecule has 0 aliphatic rings. The highest BCUT2D eigenvalue weighted by atomic mass is 16.6.